The van der Waals surface area contributed by atoms with E-state index >= 15 is 0 Å². The van der Waals surface area contributed by atoms with Gasteiger partial charge in [-0.3, -0.25) is 4.79 Å². The van der Waals surface area contributed by atoms with Gasteiger partial charge in [0.25, 0.3) is 0 Å². The van der Waals surface area contributed by atoms with E-state index in [1.54, 1.807) is 24.1 Å². The van der Waals surface area contributed by atoms with E-state index in [-0.39, 0.29) is 12.4 Å². The number of ether oxygens (including phenoxy) is 1. The normalized spacial score (nSPS) is 9.67. The summed E-state index contributed by atoms with van der Waals surface area (Å²) in [5.74, 6) is 0.359. The first-order valence-corrected chi connectivity index (χ1v) is 5.82. The SMILES string of the molecule is CCOC(=O)CCN(C)c1nccc(C)c1C#N. The topological polar surface area (TPSA) is 66.2 Å². The first-order valence-electron chi connectivity index (χ1n) is 5.82. The number of carbonyl (C=O) groups is 1. The van der Waals surface area contributed by atoms with Gasteiger partial charge in [-0.05, 0) is 25.5 Å². The third-order valence-corrected chi connectivity index (χ3v) is 2.57. The number of nitrogens with zero attached hydrogens (tertiary/aromatic N) is 3. The van der Waals surface area contributed by atoms with Crippen molar-refractivity contribution in [1.29, 1.82) is 5.26 Å². The van der Waals surface area contributed by atoms with Crippen molar-refractivity contribution >= 4 is 11.8 Å². The number of nitriles is 1. The van der Waals surface area contributed by atoms with Crippen molar-refractivity contribution in [3.8, 4) is 6.07 Å². The number of anilines is 1. The molecule has 18 heavy (non-hydrogen) atoms. The van der Waals surface area contributed by atoms with Crippen LogP contribution < -0.4 is 4.90 Å². The Bertz CT molecular complexity index is 466. The summed E-state index contributed by atoms with van der Waals surface area (Å²) in [7, 11) is 1.81. The molecular formula is C13H17N3O2. The number of carbonyl (C=O) groups excluding carboxylic acids is 1. The van der Waals surface area contributed by atoms with Crippen LogP contribution in [0.5, 0.6) is 0 Å². The van der Waals surface area contributed by atoms with E-state index in [1.165, 1.54) is 0 Å². The minimum atomic E-state index is -0.240. The summed E-state index contributed by atoms with van der Waals surface area (Å²) in [6.45, 7) is 4.50. The van der Waals surface area contributed by atoms with Crippen LogP contribution in [-0.4, -0.2) is 31.2 Å². The van der Waals surface area contributed by atoms with Crippen LogP contribution in [0.25, 0.3) is 0 Å². The Balaban J connectivity index is 2.73. The van der Waals surface area contributed by atoms with E-state index in [4.69, 9.17) is 10.00 Å². The summed E-state index contributed by atoms with van der Waals surface area (Å²) in [6.07, 6.45) is 1.94. The van der Waals surface area contributed by atoms with Gasteiger partial charge in [-0.15, -0.1) is 0 Å². The largest absolute Gasteiger partial charge is 0.466 e. The lowest BCUT2D eigenvalue weighted by Gasteiger charge is -2.19. The lowest BCUT2D eigenvalue weighted by Crippen LogP contribution is -2.24. The average molecular weight is 247 g/mol. The minimum absolute atomic E-state index is 0.240. The van der Waals surface area contributed by atoms with Crippen molar-refractivity contribution in [3.63, 3.8) is 0 Å². The quantitative estimate of drug-likeness (QED) is 0.740. The van der Waals surface area contributed by atoms with E-state index in [0.717, 1.165) is 5.56 Å². The molecule has 0 spiro atoms. The van der Waals surface area contributed by atoms with Gasteiger partial charge in [-0.25, -0.2) is 4.98 Å². The first kappa shape index (κ1) is 14.0. The molecule has 0 radical (unpaired) electrons. The molecule has 0 aliphatic heterocycles. The van der Waals surface area contributed by atoms with Crippen molar-refractivity contribution in [2.45, 2.75) is 20.3 Å². The molecule has 1 rings (SSSR count). The average Bonchev–Trinajstić information content (AvgIpc) is 2.36. The van der Waals surface area contributed by atoms with Gasteiger partial charge in [-0.1, -0.05) is 0 Å². The molecule has 0 unspecified atom stereocenters. The van der Waals surface area contributed by atoms with Crippen molar-refractivity contribution in [1.82, 2.24) is 4.98 Å². The van der Waals surface area contributed by atoms with Gasteiger partial charge in [0, 0.05) is 19.8 Å². The molecule has 1 aromatic rings. The van der Waals surface area contributed by atoms with E-state index in [0.29, 0.717) is 24.5 Å². The van der Waals surface area contributed by atoms with Crippen molar-refractivity contribution in [2.24, 2.45) is 0 Å². The smallest absolute Gasteiger partial charge is 0.307 e. The van der Waals surface area contributed by atoms with Gasteiger partial charge < -0.3 is 9.64 Å². The number of hydrogen-bond donors (Lipinski definition) is 0. The summed E-state index contributed by atoms with van der Waals surface area (Å²) < 4.78 is 4.86. The molecule has 0 fully saturated rings. The highest BCUT2D eigenvalue weighted by atomic mass is 16.5. The number of esters is 1. The van der Waals surface area contributed by atoms with Crippen LogP contribution in [0.2, 0.25) is 0 Å². The highest BCUT2D eigenvalue weighted by Crippen LogP contribution is 2.18. The Hall–Kier alpha value is -2.09. The van der Waals surface area contributed by atoms with Gasteiger partial charge in [0.1, 0.15) is 11.9 Å². The maximum absolute atomic E-state index is 11.3. The minimum Gasteiger partial charge on any atom is -0.466 e. The second-order valence-corrected chi connectivity index (χ2v) is 3.91. The number of aromatic nitrogens is 1. The molecule has 96 valence electrons. The van der Waals surface area contributed by atoms with Crippen LogP contribution in [-0.2, 0) is 9.53 Å². The van der Waals surface area contributed by atoms with Gasteiger partial charge >= 0.3 is 5.97 Å². The third-order valence-electron chi connectivity index (χ3n) is 2.57. The monoisotopic (exact) mass is 247 g/mol. The summed E-state index contributed by atoms with van der Waals surface area (Å²) >= 11 is 0. The molecule has 0 atom stereocenters. The van der Waals surface area contributed by atoms with E-state index in [2.05, 4.69) is 11.1 Å². The Labute approximate surface area is 107 Å². The molecule has 0 aliphatic rings. The Morgan fingerprint density at radius 2 is 2.33 bits per heavy atom. The molecule has 5 heteroatoms. The molecule has 1 heterocycles. The van der Waals surface area contributed by atoms with Crippen LogP contribution in [0.3, 0.4) is 0 Å². The highest BCUT2D eigenvalue weighted by molar-refractivity contribution is 5.70. The van der Waals surface area contributed by atoms with Gasteiger partial charge in [0.15, 0.2) is 0 Å². The van der Waals surface area contributed by atoms with Gasteiger partial charge in [0.05, 0.1) is 18.6 Å². The fourth-order valence-electron chi connectivity index (χ4n) is 1.57. The Morgan fingerprint density at radius 3 is 2.94 bits per heavy atom. The molecule has 0 bridgehead atoms. The molecular weight excluding hydrogens is 230 g/mol. The maximum atomic E-state index is 11.3. The lowest BCUT2D eigenvalue weighted by atomic mass is 10.1. The van der Waals surface area contributed by atoms with Crippen LogP contribution in [0.4, 0.5) is 5.82 Å². The molecule has 0 aliphatic carbocycles. The van der Waals surface area contributed by atoms with E-state index in [1.807, 2.05) is 14.0 Å². The summed E-state index contributed by atoms with van der Waals surface area (Å²) in [5.41, 5.74) is 1.43. The molecule has 1 aromatic heterocycles. The van der Waals surface area contributed by atoms with E-state index in [9.17, 15) is 4.79 Å². The van der Waals surface area contributed by atoms with Gasteiger partial charge in [0.2, 0.25) is 0 Å². The van der Waals surface area contributed by atoms with Gasteiger partial charge in [-0.2, -0.15) is 5.26 Å². The second-order valence-electron chi connectivity index (χ2n) is 3.91. The number of rotatable bonds is 5. The van der Waals surface area contributed by atoms with Crippen molar-refractivity contribution in [2.75, 3.05) is 25.1 Å². The molecule has 0 saturated heterocycles. The Morgan fingerprint density at radius 1 is 1.61 bits per heavy atom. The van der Waals surface area contributed by atoms with Crippen molar-refractivity contribution in [3.05, 3.63) is 23.4 Å². The third kappa shape index (κ3) is 3.45. The zero-order valence-corrected chi connectivity index (χ0v) is 10.9. The van der Waals surface area contributed by atoms with E-state index < -0.39 is 0 Å². The lowest BCUT2D eigenvalue weighted by molar-refractivity contribution is -0.142. The Kier molecular flexibility index (Phi) is 5.12. The first-order chi connectivity index (χ1) is 8.60. The fraction of sp³-hybridized carbons (Fsp3) is 0.462. The number of hydrogen-bond acceptors (Lipinski definition) is 5. The molecule has 0 aromatic carbocycles. The fourth-order valence-corrected chi connectivity index (χ4v) is 1.57. The number of aryl methyl sites for hydroxylation is 1. The predicted molar refractivity (Wildman–Crippen MR) is 68.2 cm³/mol. The predicted octanol–water partition coefficient (Wildman–Crippen LogP) is 1.65. The summed E-state index contributed by atoms with van der Waals surface area (Å²) in [6, 6.07) is 3.93. The zero-order chi connectivity index (χ0) is 13.5. The van der Waals surface area contributed by atoms with Crippen molar-refractivity contribution < 1.29 is 9.53 Å². The molecule has 5 nitrogen and oxygen atoms in total. The van der Waals surface area contributed by atoms with Crippen LogP contribution in [0, 0.1) is 18.3 Å². The maximum Gasteiger partial charge on any atom is 0.307 e. The van der Waals surface area contributed by atoms with Crippen LogP contribution in [0.15, 0.2) is 12.3 Å². The zero-order valence-electron chi connectivity index (χ0n) is 10.9. The van der Waals surface area contributed by atoms with Crippen LogP contribution >= 0.6 is 0 Å². The van der Waals surface area contributed by atoms with Crippen LogP contribution in [0.1, 0.15) is 24.5 Å². The standard InChI is InChI=1S/C13H17N3O2/c1-4-18-12(17)6-8-16(3)13-11(9-14)10(2)5-7-15-13/h5,7H,4,6,8H2,1-3H3. The highest BCUT2D eigenvalue weighted by Gasteiger charge is 2.12. The summed E-state index contributed by atoms with van der Waals surface area (Å²) in [4.78, 5) is 17.2. The molecule has 0 amide bonds. The summed E-state index contributed by atoms with van der Waals surface area (Å²) in [5, 5.41) is 9.10. The molecule has 0 N–H and O–H groups in total. The second kappa shape index (κ2) is 6.60. The number of pyridine rings is 1. The molecule has 0 saturated carbocycles.